The van der Waals surface area contributed by atoms with Crippen LogP contribution in [0.15, 0.2) is 12.3 Å². The van der Waals surface area contributed by atoms with Gasteiger partial charge in [-0.25, -0.2) is 4.98 Å². The summed E-state index contributed by atoms with van der Waals surface area (Å²) in [5, 5.41) is 10.5. The van der Waals surface area contributed by atoms with Crippen molar-refractivity contribution in [3.8, 4) is 6.07 Å². The summed E-state index contributed by atoms with van der Waals surface area (Å²) in [5.74, 6) is 0.740. The maximum absolute atomic E-state index is 8.96. The molecule has 2 unspecified atom stereocenters. The third-order valence-corrected chi connectivity index (χ3v) is 4.31. The Morgan fingerprint density at radius 3 is 2.71 bits per heavy atom. The third-order valence-electron chi connectivity index (χ3n) is 2.71. The van der Waals surface area contributed by atoms with E-state index < -0.39 is 0 Å². The van der Waals surface area contributed by atoms with Gasteiger partial charge in [0.05, 0.1) is 5.56 Å². The van der Waals surface area contributed by atoms with Gasteiger partial charge in [0.15, 0.2) is 0 Å². The van der Waals surface area contributed by atoms with Crippen molar-refractivity contribution in [1.82, 2.24) is 4.98 Å². The fourth-order valence-corrected chi connectivity index (χ4v) is 3.69. The molecule has 2 atom stereocenters. The third kappa shape index (κ3) is 2.67. The predicted octanol–water partition coefficient (Wildman–Crippen LogP) is 2.94. The second-order valence-electron chi connectivity index (χ2n) is 4.27. The number of anilines is 1. The molecule has 0 radical (unpaired) electrons. The van der Waals surface area contributed by atoms with Crippen LogP contribution in [0.2, 0.25) is 5.02 Å². The van der Waals surface area contributed by atoms with E-state index in [1.165, 1.54) is 0 Å². The minimum atomic E-state index is 0.473. The van der Waals surface area contributed by atoms with Gasteiger partial charge >= 0.3 is 0 Å². The lowest BCUT2D eigenvalue weighted by Gasteiger charge is -2.35. The van der Waals surface area contributed by atoms with E-state index in [-0.39, 0.29) is 0 Å². The molecule has 2 heterocycles. The number of hydrogen-bond acceptors (Lipinski definition) is 4. The zero-order valence-corrected chi connectivity index (χ0v) is 11.4. The number of pyridine rings is 1. The second-order valence-corrected chi connectivity index (χ2v) is 6.53. The van der Waals surface area contributed by atoms with Crippen molar-refractivity contribution in [3.05, 3.63) is 22.8 Å². The van der Waals surface area contributed by atoms with Crippen LogP contribution in [0.25, 0.3) is 0 Å². The van der Waals surface area contributed by atoms with Gasteiger partial charge in [-0.3, -0.25) is 0 Å². The summed E-state index contributed by atoms with van der Waals surface area (Å²) in [6, 6.07) is 3.74. The first kappa shape index (κ1) is 12.5. The van der Waals surface area contributed by atoms with Crippen LogP contribution in [0.1, 0.15) is 19.4 Å². The zero-order chi connectivity index (χ0) is 12.4. The molecule has 1 aliphatic rings. The van der Waals surface area contributed by atoms with E-state index in [0.29, 0.717) is 21.1 Å². The highest BCUT2D eigenvalue weighted by Crippen LogP contribution is 2.32. The molecule has 3 nitrogen and oxygen atoms in total. The Morgan fingerprint density at radius 1 is 1.47 bits per heavy atom. The molecule has 1 fully saturated rings. The summed E-state index contributed by atoms with van der Waals surface area (Å²) in [5.41, 5.74) is 0.496. The molecule has 17 heavy (non-hydrogen) atoms. The van der Waals surface area contributed by atoms with Crippen LogP contribution in [0.3, 0.4) is 0 Å². The van der Waals surface area contributed by atoms with Gasteiger partial charge in [0.1, 0.15) is 16.9 Å². The molecule has 0 saturated carbocycles. The molecule has 2 rings (SSSR count). The first-order valence-corrected chi connectivity index (χ1v) is 6.89. The van der Waals surface area contributed by atoms with Gasteiger partial charge in [-0.2, -0.15) is 17.0 Å². The minimum Gasteiger partial charge on any atom is -0.353 e. The Balaban J connectivity index is 2.31. The lowest BCUT2D eigenvalue weighted by molar-refractivity contribution is 0.718. The lowest BCUT2D eigenvalue weighted by Crippen LogP contribution is -2.41. The molecule has 90 valence electrons. The smallest absolute Gasteiger partial charge is 0.148 e. The number of rotatable bonds is 1. The number of thioether (sulfide) groups is 1. The molecule has 1 aliphatic heterocycles. The number of hydrogen-bond donors (Lipinski definition) is 0. The maximum atomic E-state index is 8.96. The van der Waals surface area contributed by atoms with Crippen LogP contribution < -0.4 is 4.90 Å². The molecule has 1 saturated heterocycles. The molecule has 0 aromatic carbocycles. The molecule has 0 aliphatic carbocycles. The van der Waals surface area contributed by atoms with Crippen molar-refractivity contribution in [2.45, 2.75) is 24.3 Å². The summed E-state index contributed by atoms with van der Waals surface area (Å²) in [4.78, 5) is 6.49. The van der Waals surface area contributed by atoms with Gasteiger partial charge in [-0.1, -0.05) is 25.4 Å². The highest BCUT2D eigenvalue weighted by Gasteiger charge is 2.25. The molecule has 0 N–H and O–H groups in total. The van der Waals surface area contributed by atoms with Crippen LogP contribution in [0, 0.1) is 11.3 Å². The van der Waals surface area contributed by atoms with Gasteiger partial charge in [0.2, 0.25) is 0 Å². The van der Waals surface area contributed by atoms with Crippen LogP contribution >= 0.6 is 23.4 Å². The van der Waals surface area contributed by atoms with E-state index in [9.17, 15) is 0 Å². The quantitative estimate of drug-likeness (QED) is 0.784. The molecule has 0 amide bonds. The summed E-state index contributed by atoms with van der Waals surface area (Å²) in [6.45, 7) is 6.26. The maximum Gasteiger partial charge on any atom is 0.148 e. The topological polar surface area (TPSA) is 39.9 Å². The number of aromatic nitrogens is 1. The monoisotopic (exact) mass is 267 g/mol. The summed E-state index contributed by atoms with van der Waals surface area (Å²) in [6.07, 6.45) is 1.65. The Labute approximate surface area is 111 Å². The Bertz CT molecular complexity index is 448. The fourth-order valence-electron chi connectivity index (χ4n) is 2.09. The standard InChI is InChI=1S/C12H14ClN3S/c1-8-6-16(7-9(2)17-8)12-11(13)10(5-14)3-4-15-12/h3-4,8-9H,6-7H2,1-2H3. The van der Waals surface area contributed by atoms with Crippen LogP contribution in [0.5, 0.6) is 0 Å². The first-order valence-electron chi connectivity index (χ1n) is 5.57. The van der Waals surface area contributed by atoms with Gasteiger partial charge in [0.25, 0.3) is 0 Å². The minimum absolute atomic E-state index is 0.473. The van der Waals surface area contributed by atoms with Gasteiger partial charge in [-0.05, 0) is 6.07 Å². The Kier molecular flexibility index (Phi) is 3.80. The fraction of sp³-hybridized carbons (Fsp3) is 0.500. The van der Waals surface area contributed by atoms with E-state index >= 15 is 0 Å². The van der Waals surface area contributed by atoms with E-state index in [4.69, 9.17) is 16.9 Å². The number of nitriles is 1. The van der Waals surface area contributed by atoms with Crippen molar-refractivity contribution >= 4 is 29.2 Å². The average Bonchev–Trinajstić information content (AvgIpc) is 2.28. The van der Waals surface area contributed by atoms with Crippen molar-refractivity contribution < 1.29 is 0 Å². The number of nitrogens with zero attached hydrogens (tertiary/aromatic N) is 3. The average molecular weight is 268 g/mol. The molecular formula is C12H14ClN3S. The molecular weight excluding hydrogens is 254 g/mol. The van der Waals surface area contributed by atoms with Gasteiger partial charge in [0, 0.05) is 29.8 Å². The Morgan fingerprint density at radius 2 is 2.12 bits per heavy atom. The van der Waals surface area contributed by atoms with Gasteiger partial charge < -0.3 is 4.90 Å². The van der Waals surface area contributed by atoms with Crippen molar-refractivity contribution in [2.75, 3.05) is 18.0 Å². The van der Waals surface area contributed by atoms with Crippen molar-refractivity contribution in [3.63, 3.8) is 0 Å². The van der Waals surface area contributed by atoms with E-state index in [1.807, 2.05) is 11.8 Å². The highest BCUT2D eigenvalue weighted by molar-refractivity contribution is 8.00. The normalized spacial score (nSPS) is 24.5. The largest absolute Gasteiger partial charge is 0.353 e. The number of halogens is 1. The Hall–Kier alpha value is -0.920. The van der Waals surface area contributed by atoms with E-state index in [0.717, 1.165) is 18.9 Å². The van der Waals surface area contributed by atoms with Crippen molar-refractivity contribution in [1.29, 1.82) is 5.26 Å². The van der Waals surface area contributed by atoms with E-state index in [1.54, 1.807) is 12.3 Å². The second kappa shape index (κ2) is 5.16. The van der Waals surface area contributed by atoms with Gasteiger partial charge in [-0.15, -0.1) is 0 Å². The molecule has 1 aromatic heterocycles. The van der Waals surface area contributed by atoms with Crippen LogP contribution in [-0.2, 0) is 0 Å². The zero-order valence-electron chi connectivity index (χ0n) is 9.85. The summed E-state index contributed by atoms with van der Waals surface area (Å²) >= 11 is 8.18. The van der Waals surface area contributed by atoms with Crippen LogP contribution in [-0.4, -0.2) is 28.6 Å². The molecule has 0 spiro atoms. The summed E-state index contributed by atoms with van der Waals surface area (Å²) < 4.78 is 0. The molecule has 0 bridgehead atoms. The SMILES string of the molecule is CC1CN(c2nccc(C#N)c2Cl)CC(C)S1. The molecule has 1 aromatic rings. The first-order chi connectivity index (χ1) is 8.11. The predicted molar refractivity (Wildman–Crippen MR) is 72.7 cm³/mol. The van der Waals surface area contributed by atoms with E-state index in [2.05, 4.69) is 29.8 Å². The van der Waals surface area contributed by atoms with Crippen LogP contribution in [0.4, 0.5) is 5.82 Å². The molecule has 5 heteroatoms. The van der Waals surface area contributed by atoms with Crippen molar-refractivity contribution in [2.24, 2.45) is 0 Å². The summed E-state index contributed by atoms with van der Waals surface area (Å²) in [7, 11) is 0. The lowest BCUT2D eigenvalue weighted by atomic mass is 10.2. The highest BCUT2D eigenvalue weighted by atomic mass is 35.5.